The van der Waals surface area contributed by atoms with Crippen LogP contribution < -0.4 is 14.8 Å². The molecule has 3 heterocycles. The van der Waals surface area contributed by atoms with Crippen molar-refractivity contribution in [2.45, 2.75) is 11.6 Å². The van der Waals surface area contributed by atoms with Crippen LogP contribution in [0.2, 0.25) is 5.02 Å². The van der Waals surface area contributed by atoms with Crippen molar-refractivity contribution in [3.05, 3.63) is 59.4 Å². The molecule has 0 atom stereocenters. The van der Waals surface area contributed by atoms with E-state index in [2.05, 4.69) is 25.6 Å². The number of carbonyl (C=O) groups excluding carboxylic acids is 1. The molecule has 0 bridgehead atoms. The van der Waals surface area contributed by atoms with Gasteiger partial charge in [-0.3, -0.25) is 4.79 Å². The molecule has 0 radical (unpaired) electrons. The van der Waals surface area contributed by atoms with Gasteiger partial charge in [-0.05, 0) is 35.9 Å². The summed E-state index contributed by atoms with van der Waals surface area (Å²) in [5.74, 6) is 1.45. The molecule has 1 N–H and O–H groups in total. The Morgan fingerprint density at radius 1 is 1.16 bits per heavy atom. The number of nitrogens with zero attached hydrogens (tertiary/aromatic N) is 5. The highest BCUT2D eigenvalue weighted by Crippen LogP contribution is 2.32. The van der Waals surface area contributed by atoms with Crippen LogP contribution in [0.25, 0.3) is 16.9 Å². The quantitative estimate of drug-likeness (QED) is 0.350. The summed E-state index contributed by atoms with van der Waals surface area (Å²) in [5, 5.41) is 12.4. The normalized spacial score (nSPS) is 12.3. The van der Waals surface area contributed by atoms with E-state index in [-0.39, 0.29) is 18.5 Å². The number of aromatic nitrogens is 5. The van der Waals surface area contributed by atoms with Gasteiger partial charge < -0.3 is 14.8 Å². The molecule has 11 heteroatoms. The van der Waals surface area contributed by atoms with Crippen LogP contribution in [0.3, 0.4) is 0 Å². The zero-order valence-corrected chi connectivity index (χ0v) is 17.6. The van der Waals surface area contributed by atoms with Gasteiger partial charge >= 0.3 is 0 Å². The van der Waals surface area contributed by atoms with Gasteiger partial charge in [0.2, 0.25) is 12.7 Å². The molecule has 0 fully saturated rings. The molecule has 5 rings (SSSR count). The van der Waals surface area contributed by atoms with Crippen LogP contribution in [0.4, 0.5) is 0 Å². The maximum Gasteiger partial charge on any atom is 0.231 e. The lowest BCUT2D eigenvalue weighted by Gasteiger charge is -2.06. The summed E-state index contributed by atoms with van der Waals surface area (Å²) in [7, 11) is 0. The topological polar surface area (TPSA) is 104 Å². The molecule has 9 nitrogen and oxygen atoms in total. The van der Waals surface area contributed by atoms with Gasteiger partial charge in [0.1, 0.15) is 11.4 Å². The summed E-state index contributed by atoms with van der Waals surface area (Å²) in [6, 6.07) is 12.8. The number of fused-ring (bicyclic) bond motifs is 2. The van der Waals surface area contributed by atoms with Crippen molar-refractivity contribution in [2.24, 2.45) is 0 Å². The van der Waals surface area contributed by atoms with Crippen molar-refractivity contribution in [3.63, 3.8) is 0 Å². The highest BCUT2D eigenvalue weighted by atomic mass is 35.5. The Balaban J connectivity index is 1.25. The van der Waals surface area contributed by atoms with E-state index in [1.807, 2.05) is 30.3 Å². The molecule has 0 unspecified atom stereocenters. The van der Waals surface area contributed by atoms with Gasteiger partial charge in [0.15, 0.2) is 22.7 Å². The second kappa shape index (κ2) is 8.40. The Morgan fingerprint density at radius 3 is 2.97 bits per heavy atom. The number of carbonyl (C=O) groups is 1. The fourth-order valence-electron chi connectivity index (χ4n) is 3.05. The molecule has 1 aliphatic rings. The maximum absolute atomic E-state index is 12.3. The van der Waals surface area contributed by atoms with E-state index < -0.39 is 0 Å². The molecule has 156 valence electrons. The zero-order valence-electron chi connectivity index (χ0n) is 16.0. The first-order valence-electron chi connectivity index (χ1n) is 9.28. The van der Waals surface area contributed by atoms with Gasteiger partial charge in [-0.15, -0.1) is 5.10 Å². The van der Waals surface area contributed by atoms with Crippen LogP contribution in [0.15, 0.2) is 53.8 Å². The first-order valence-corrected chi connectivity index (χ1v) is 10.6. The fraction of sp³-hybridized carbons (Fsp3) is 0.150. The second-order valence-electron chi connectivity index (χ2n) is 6.59. The average molecular weight is 455 g/mol. The highest BCUT2D eigenvalue weighted by Gasteiger charge is 2.16. The van der Waals surface area contributed by atoms with Gasteiger partial charge in [0.05, 0.1) is 11.4 Å². The predicted octanol–water partition coefficient (Wildman–Crippen LogP) is 3.00. The number of hydrogen-bond acceptors (Lipinski definition) is 8. The Kier molecular flexibility index (Phi) is 5.31. The minimum Gasteiger partial charge on any atom is -0.454 e. The Morgan fingerprint density at radius 2 is 2.06 bits per heavy atom. The van der Waals surface area contributed by atoms with Crippen LogP contribution >= 0.6 is 23.4 Å². The number of hydrogen-bond donors (Lipinski definition) is 1. The lowest BCUT2D eigenvalue weighted by atomic mass is 10.2. The predicted molar refractivity (Wildman–Crippen MR) is 115 cm³/mol. The van der Waals surface area contributed by atoms with Crippen LogP contribution in [-0.4, -0.2) is 43.4 Å². The van der Waals surface area contributed by atoms with Crippen molar-refractivity contribution in [2.75, 3.05) is 12.5 Å². The largest absolute Gasteiger partial charge is 0.454 e. The summed E-state index contributed by atoms with van der Waals surface area (Å²) in [6.45, 7) is 0.608. The smallest absolute Gasteiger partial charge is 0.231 e. The minimum atomic E-state index is -0.128. The number of thioether (sulfide) groups is 1. The SMILES string of the molecule is O=C(CSc1ncnc2c1nnn2-c1cccc(Cl)c1)NCc1ccc2c(c1)OCO2. The molecular formula is C20H15ClN6O3S. The molecule has 0 saturated carbocycles. The zero-order chi connectivity index (χ0) is 21.2. The number of nitrogens with one attached hydrogen (secondary N) is 1. The summed E-state index contributed by atoms with van der Waals surface area (Å²) in [5.41, 5.74) is 2.74. The number of ether oxygens (including phenoxy) is 2. The third-order valence-corrected chi connectivity index (χ3v) is 5.74. The van der Waals surface area contributed by atoms with Crippen molar-refractivity contribution >= 4 is 40.4 Å². The molecule has 2 aromatic carbocycles. The Hall–Kier alpha value is -3.37. The maximum atomic E-state index is 12.3. The molecule has 2 aromatic heterocycles. The number of amides is 1. The van der Waals surface area contributed by atoms with E-state index in [9.17, 15) is 4.79 Å². The van der Waals surface area contributed by atoms with Gasteiger partial charge in [0.25, 0.3) is 0 Å². The van der Waals surface area contributed by atoms with Crippen LogP contribution in [-0.2, 0) is 11.3 Å². The monoisotopic (exact) mass is 454 g/mol. The molecule has 0 saturated heterocycles. The van der Waals surface area contributed by atoms with Crippen molar-refractivity contribution < 1.29 is 14.3 Å². The minimum absolute atomic E-state index is 0.128. The summed E-state index contributed by atoms with van der Waals surface area (Å²) in [4.78, 5) is 20.9. The van der Waals surface area contributed by atoms with Crippen molar-refractivity contribution in [1.82, 2.24) is 30.3 Å². The van der Waals surface area contributed by atoms with Gasteiger partial charge in [-0.25, -0.2) is 9.97 Å². The van der Waals surface area contributed by atoms with Gasteiger partial charge in [-0.2, -0.15) is 4.68 Å². The molecule has 0 spiro atoms. The number of benzene rings is 2. The third kappa shape index (κ3) is 4.12. The standard InChI is InChI=1S/C20H15ClN6O3S/c21-13-2-1-3-14(7-13)27-19-18(25-26-27)20(24-10-23-19)31-9-17(28)22-8-12-4-5-15-16(6-12)30-11-29-15/h1-7,10H,8-9,11H2,(H,22,28). The van der Waals surface area contributed by atoms with E-state index in [4.69, 9.17) is 21.1 Å². The summed E-state index contributed by atoms with van der Waals surface area (Å²) >= 11 is 7.35. The van der Waals surface area contributed by atoms with E-state index in [1.54, 1.807) is 16.8 Å². The van der Waals surface area contributed by atoms with E-state index >= 15 is 0 Å². The first-order chi connectivity index (χ1) is 15.2. The molecular weight excluding hydrogens is 440 g/mol. The summed E-state index contributed by atoms with van der Waals surface area (Å²) in [6.07, 6.45) is 1.43. The van der Waals surface area contributed by atoms with Crippen LogP contribution in [0.1, 0.15) is 5.56 Å². The number of rotatable bonds is 6. The van der Waals surface area contributed by atoms with Crippen LogP contribution in [0, 0.1) is 0 Å². The van der Waals surface area contributed by atoms with E-state index in [0.717, 1.165) is 11.3 Å². The Labute approximate surface area is 185 Å². The molecule has 0 aliphatic carbocycles. The fourth-order valence-corrected chi connectivity index (χ4v) is 4.00. The first kappa shape index (κ1) is 19.6. The Bertz CT molecular complexity index is 1280. The lowest BCUT2D eigenvalue weighted by molar-refractivity contribution is -0.118. The second-order valence-corrected chi connectivity index (χ2v) is 7.99. The van der Waals surface area contributed by atoms with E-state index in [1.165, 1.54) is 18.1 Å². The van der Waals surface area contributed by atoms with Crippen molar-refractivity contribution in [3.8, 4) is 17.2 Å². The molecule has 31 heavy (non-hydrogen) atoms. The van der Waals surface area contributed by atoms with Gasteiger partial charge in [0, 0.05) is 11.6 Å². The van der Waals surface area contributed by atoms with Crippen molar-refractivity contribution in [1.29, 1.82) is 0 Å². The molecule has 4 aromatic rings. The average Bonchev–Trinajstić information content (AvgIpc) is 3.43. The lowest BCUT2D eigenvalue weighted by Crippen LogP contribution is -2.24. The molecule has 1 amide bonds. The highest BCUT2D eigenvalue weighted by molar-refractivity contribution is 8.00. The van der Waals surface area contributed by atoms with Gasteiger partial charge in [-0.1, -0.05) is 40.7 Å². The van der Waals surface area contributed by atoms with E-state index in [0.29, 0.717) is 39.3 Å². The third-order valence-electron chi connectivity index (χ3n) is 4.52. The molecule has 1 aliphatic heterocycles. The van der Waals surface area contributed by atoms with Crippen LogP contribution in [0.5, 0.6) is 11.5 Å². The number of halogens is 1. The summed E-state index contributed by atoms with van der Waals surface area (Å²) < 4.78 is 12.2.